The summed E-state index contributed by atoms with van der Waals surface area (Å²) < 4.78 is 2.31. The minimum atomic E-state index is 0.751. The van der Waals surface area contributed by atoms with Gasteiger partial charge in [-0.25, -0.2) is 0 Å². The van der Waals surface area contributed by atoms with Crippen molar-refractivity contribution in [1.82, 2.24) is 4.57 Å². The molecule has 0 radical (unpaired) electrons. The predicted molar refractivity (Wildman–Crippen MR) is 84.9 cm³/mol. The van der Waals surface area contributed by atoms with Gasteiger partial charge >= 0.3 is 0 Å². The van der Waals surface area contributed by atoms with Crippen LogP contribution in [0, 0.1) is 11.8 Å². The molecule has 2 nitrogen and oxygen atoms in total. The Bertz CT molecular complexity index is 747. The Balaban J connectivity index is 2.09. The van der Waals surface area contributed by atoms with Gasteiger partial charge in [0.15, 0.2) is 0 Å². The fraction of sp³-hybridized carbons (Fsp3) is 0.222. The third-order valence-electron chi connectivity index (χ3n) is 3.48. The molecule has 2 aromatic carbocycles. The highest BCUT2D eigenvalue weighted by Gasteiger charge is 2.07. The Morgan fingerprint density at radius 2 is 1.40 bits per heavy atom. The molecular weight excluding hydrogens is 244 g/mol. The molecular formula is C18H19N2+. The molecule has 1 N–H and O–H groups in total. The Labute approximate surface area is 119 Å². The van der Waals surface area contributed by atoms with Crippen LogP contribution in [-0.4, -0.2) is 25.2 Å². The number of benzene rings is 2. The third-order valence-corrected chi connectivity index (χ3v) is 3.48. The Morgan fingerprint density at radius 1 is 0.850 bits per heavy atom. The number of nitrogens with one attached hydrogen (secondary N) is 1. The monoisotopic (exact) mass is 263 g/mol. The van der Waals surface area contributed by atoms with Crippen molar-refractivity contribution in [1.29, 1.82) is 0 Å². The van der Waals surface area contributed by atoms with E-state index in [1.54, 1.807) is 0 Å². The van der Waals surface area contributed by atoms with Crippen LogP contribution >= 0.6 is 0 Å². The molecule has 0 spiro atoms. The van der Waals surface area contributed by atoms with E-state index in [1.165, 1.54) is 26.7 Å². The third kappa shape index (κ3) is 2.29. The van der Waals surface area contributed by atoms with Gasteiger partial charge in [-0.1, -0.05) is 42.3 Å². The molecule has 3 rings (SSSR count). The highest BCUT2D eigenvalue weighted by atomic mass is 15.0. The number of fused-ring (bicyclic) bond motifs is 3. The summed E-state index contributed by atoms with van der Waals surface area (Å²) in [5.41, 5.74) is 2.53. The lowest BCUT2D eigenvalue weighted by Gasteiger charge is -2.02. The van der Waals surface area contributed by atoms with Gasteiger partial charge in [-0.2, -0.15) is 0 Å². The lowest BCUT2D eigenvalue weighted by Crippen LogP contribution is -3.05. The van der Waals surface area contributed by atoms with Crippen LogP contribution in [0.3, 0.4) is 0 Å². The van der Waals surface area contributed by atoms with Crippen LogP contribution in [0.15, 0.2) is 48.5 Å². The van der Waals surface area contributed by atoms with E-state index in [2.05, 4.69) is 79.0 Å². The summed E-state index contributed by atoms with van der Waals surface area (Å²) in [4.78, 5) is 1.36. The van der Waals surface area contributed by atoms with Gasteiger partial charge in [0, 0.05) is 21.8 Å². The van der Waals surface area contributed by atoms with Crippen molar-refractivity contribution in [3.8, 4) is 11.8 Å². The zero-order valence-electron chi connectivity index (χ0n) is 12.0. The van der Waals surface area contributed by atoms with E-state index < -0.39 is 0 Å². The van der Waals surface area contributed by atoms with Crippen LogP contribution in [0.5, 0.6) is 0 Å². The lowest BCUT2D eigenvalue weighted by molar-refractivity contribution is -0.850. The number of aromatic nitrogens is 1. The summed E-state index contributed by atoms with van der Waals surface area (Å²) in [6, 6.07) is 17.1. The molecule has 100 valence electrons. The maximum Gasteiger partial charge on any atom is 0.139 e. The Morgan fingerprint density at radius 3 is 1.95 bits per heavy atom. The van der Waals surface area contributed by atoms with Gasteiger partial charge in [0.25, 0.3) is 0 Å². The zero-order valence-corrected chi connectivity index (χ0v) is 12.0. The first-order chi connectivity index (χ1) is 9.77. The van der Waals surface area contributed by atoms with Crippen molar-refractivity contribution in [3.05, 3.63) is 48.5 Å². The maximum atomic E-state index is 3.30. The van der Waals surface area contributed by atoms with Crippen molar-refractivity contribution in [2.75, 3.05) is 20.6 Å². The molecule has 20 heavy (non-hydrogen) atoms. The SMILES string of the molecule is C[NH+](C)CC#CCn1c2ccccc2c2ccccc21. The molecule has 0 fully saturated rings. The molecule has 0 aliphatic rings. The predicted octanol–water partition coefficient (Wildman–Crippen LogP) is 1.94. The quantitative estimate of drug-likeness (QED) is 0.677. The minimum absolute atomic E-state index is 0.751. The second-order valence-corrected chi connectivity index (χ2v) is 5.36. The first-order valence-corrected chi connectivity index (χ1v) is 6.98. The van der Waals surface area contributed by atoms with Crippen molar-refractivity contribution >= 4 is 21.8 Å². The molecule has 0 amide bonds. The van der Waals surface area contributed by atoms with Crippen LogP contribution in [0.1, 0.15) is 0 Å². The van der Waals surface area contributed by atoms with Crippen LogP contribution in [0.2, 0.25) is 0 Å². The van der Waals surface area contributed by atoms with Crippen LogP contribution in [-0.2, 0) is 6.54 Å². The van der Waals surface area contributed by atoms with Crippen molar-refractivity contribution in [3.63, 3.8) is 0 Å². The molecule has 0 bridgehead atoms. The highest BCUT2D eigenvalue weighted by molar-refractivity contribution is 6.07. The molecule has 0 atom stereocenters. The van der Waals surface area contributed by atoms with Gasteiger partial charge in [0.2, 0.25) is 0 Å². The normalized spacial score (nSPS) is 10.9. The average molecular weight is 263 g/mol. The molecule has 0 saturated carbocycles. The summed E-state index contributed by atoms with van der Waals surface area (Å²) in [6.45, 7) is 1.64. The fourth-order valence-corrected chi connectivity index (χ4v) is 2.55. The van der Waals surface area contributed by atoms with E-state index >= 15 is 0 Å². The van der Waals surface area contributed by atoms with Gasteiger partial charge < -0.3 is 9.47 Å². The molecule has 3 aromatic rings. The van der Waals surface area contributed by atoms with Gasteiger partial charge in [-0.15, -0.1) is 0 Å². The summed E-state index contributed by atoms with van der Waals surface area (Å²) in [6.07, 6.45) is 0. The number of rotatable bonds is 2. The van der Waals surface area contributed by atoms with Gasteiger partial charge in [-0.05, 0) is 18.1 Å². The second kappa shape index (κ2) is 5.40. The van der Waals surface area contributed by atoms with Gasteiger partial charge in [0.05, 0.1) is 20.6 Å². The van der Waals surface area contributed by atoms with E-state index in [4.69, 9.17) is 0 Å². The van der Waals surface area contributed by atoms with E-state index in [9.17, 15) is 0 Å². The maximum absolute atomic E-state index is 3.30. The van der Waals surface area contributed by atoms with E-state index in [1.807, 2.05) is 0 Å². The first-order valence-electron chi connectivity index (χ1n) is 6.98. The van der Waals surface area contributed by atoms with Crippen LogP contribution < -0.4 is 4.90 Å². The smallest absolute Gasteiger partial charge is 0.139 e. The average Bonchev–Trinajstić information content (AvgIpc) is 2.78. The molecule has 2 heteroatoms. The number of nitrogens with zero attached hydrogens (tertiary/aromatic N) is 1. The minimum Gasteiger partial charge on any atom is -0.330 e. The van der Waals surface area contributed by atoms with Gasteiger partial charge in [0.1, 0.15) is 6.54 Å². The number of para-hydroxylation sites is 2. The van der Waals surface area contributed by atoms with E-state index in [-0.39, 0.29) is 0 Å². The largest absolute Gasteiger partial charge is 0.330 e. The summed E-state index contributed by atoms with van der Waals surface area (Å²) >= 11 is 0. The molecule has 1 aromatic heterocycles. The zero-order chi connectivity index (χ0) is 13.9. The van der Waals surface area contributed by atoms with Crippen molar-refractivity contribution < 1.29 is 4.90 Å². The molecule has 0 saturated heterocycles. The lowest BCUT2D eigenvalue weighted by atomic mass is 10.2. The number of hydrogen-bond donors (Lipinski definition) is 1. The summed E-state index contributed by atoms with van der Waals surface area (Å²) in [7, 11) is 4.24. The Hall–Kier alpha value is -2.24. The van der Waals surface area contributed by atoms with Crippen molar-refractivity contribution in [2.24, 2.45) is 0 Å². The number of quaternary nitrogens is 1. The van der Waals surface area contributed by atoms with Crippen LogP contribution in [0.4, 0.5) is 0 Å². The molecule has 0 unspecified atom stereocenters. The van der Waals surface area contributed by atoms with Crippen molar-refractivity contribution in [2.45, 2.75) is 6.54 Å². The van der Waals surface area contributed by atoms with Crippen LogP contribution in [0.25, 0.3) is 21.8 Å². The first kappa shape index (κ1) is 12.8. The molecule has 0 aliphatic heterocycles. The summed E-state index contributed by atoms with van der Waals surface area (Å²) in [5, 5.41) is 2.62. The van der Waals surface area contributed by atoms with E-state index in [0.717, 1.165) is 13.1 Å². The standard InChI is InChI=1S/C18H18N2/c1-19(2)13-7-8-14-20-17-11-5-3-9-15(17)16-10-4-6-12-18(16)20/h3-6,9-12H,13-14H2,1-2H3/p+1. The topological polar surface area (TPSA) is 9.37 Å². The highest BCUT2D eigenvalue weighted by Crippen LogP contribution is 2.28. The fourth-order valence-electron chi connectivity index (χ4n) is 2.55. The second-order valence-electron chi connectivity index (χ2n) is 5.36. The van der Waals surface area contributed by atoms with E-state index in [0.29, 0.717) is 0 Å². The number of hydrogen-bond acceptors (Lipinski definition) is 0. The Kier molecular flexibility index (Phi) is 3.45. The molecule has 1 heterocycles. The molecule has 0 aliphatic carbocycles. The van der Waals surface area contributed by atoms with Gasteiger partial charge in [-0.3, -0.25) is 0 Å². The summed E-state index contributed by atoms with van der Waals surface area (Å²) in [5.74, 6) is 6.54.